The number of halogens is 1. The fraction of sp³-hybridized carbons (Fsp3) is 0.400. The quantitative estimate of drug-likeness (QED) is 0.917. The average Bonchev–Trinajstić information content (AvgIpc) is 2.62. The number of aromatic nitrogens is 2. The van der Waals surface area contributed by atoms with Crippen molar-refractivity contribution in [2.24, 2.45) is 7.05 Å². The van der Waals surface area contributed by atoms with E-state index in [1.165, 1.54) is 6.07 Å². The van der Waals surface area contributed by atoms with Crippen LogP contribution in [0, 0.1) is 19.7 Å². The molecule has 1 heterocycles. The summed E-state index contributed by atoms with van der Waals surface area (Å²) in [4.78, 5) is 0. The molecule has 0 fully saturated rings. The van der Waals surface area contributed by atoms with Crippen molar-refractivity contribution in [1.82, 2.24) is 15.1 Å². The first kappa shape index (κ1) is 13.7. The summed E-state index contributed by atoms with van der Waals surface area (Å²) >= 11 is 0. The smallest absolute Gasteiger partial charge is 0.123 e. The summed E-state index contributed by atoms with van der Waals surface area (Å²) in [6.45, 7) is 7.66. The number of nitrogens with one attached hydrogen (secondary N) is 1. The highest BCUT2D eigenvalue weighted by atomic mass is 19.1. The first-order chi connectivity index (χ1) is 9.04. The second-order valence-electron chi connectivity index (χ2n) is 4.75. The highest BCUT2D eigenvalue weighted by Gasteiger charge is 2.15. The van der Waals surface area contributed by atoms with E-state index in [-0.39, 0.29) is 5.82 Å². The van der Waals surface area contributed by atoms with E-state index in [4.69, 9.17) is 0 Å². The number of benzene rings is 1. The second-order valence-corrected chi connectivity index (χ2v) is 4.75. The standard InChI is InChI=1S/C15H20FN3/c1-5-17-9-12-6-7-13(16)8-14(12)15-10(2)18-19(4)11(15)3/h6-8,17H,5,9H2,1-4H3. The fourth-order valence-electron chi connectivity index (χ4n) is 2.36. The highest BCUT2D eigenvalue weighted by Crippen LogP contribution is 2.30. The minimum atomic E-state index is -0.210. The van der Waals surface area contributed by atoms with Gasteiger partial charge in [-0.15, -0.1) is 0 Å². The molecule has 0 aliphatic carbocycles. The van der Waals surface area contributed by atoms with E-state index in [9.17, 15) is 4.39 Å². The predicted molar refractivity (Wildman–Crippen MR) is 75.5 cm³/mol. The largest absolute Gasteiger partial charge is 0.313 e. The van der Waals surface area contributed by atoms with Crippen molar-refractivity contribution in [3.05, 3.63) is 41.0 Å². The lowest BCUT2D eigenvalue weighted by Gasteiger charge is -2.11. The SMILES string of the molecule is CCNCc1ccc(F)cc1-c1c(C)nn(C)c1C. The van der Waals surface area contributed by atoms with Gasteiger partial charge in [0.05, 0.1) is 5.69 Å². The van der Waals surface area contributed by atoms with Gasteiger partial charge in [0.25, 0.3) is 0 Å². The van der Waals surface area contributed by atoms with Gasteiger partial charge in [0, 0.05) is 24.8 Å². The molecule has 0 aliphatic heterocycles. The van der Waals surface area contributed by atoms with Crippen LogP contribution in [0.4, 0.5) is 4.39 Å². The summed E-state index contributed by atoms with van der Waals surface area (Å²) in [5.41, 5.74) is 5.06. The molecule has 0 saturated carbocycles. The predicted octanol–water partition coefficient (Wildman–Crippen LogP) is 2.95. The van der Waals surface area contributed by atoms with Crippen LogP contribution in [0.5, 0.6) is 0 Å². The lowest BCUT2D eigenvalue weighted by molar-refractivity contribution is 0.626. The summed E-state index contributed by atoms with van der Waals surface area (Å²) in [6.07, 6.45) is 0. The number of aryl methyl sites for hydroxylation is 2. The minimum Gasteiger partial charge on any atom is -0.313 e. The summed E-state index contributed by atoms with van der Waals surface area (Å²) in [6, 6.07) is 4.96. The van der Waals surface area contributed by atoms with E-state index in [1.807, 2.05) is 31.6 Å². The van der Waals surface area contributed by atoms with Crippen LogP contribution in [0.1, 0.15) is 23.9 Å². The van der Waals surface area contributed by atoms with Crippen molar-refractivity contribution in [3.63, 3.8) is 0 Å². The molecule has 1 aromatic heterocycles. The summed E-state index contributed by atoms with van der Waals surface area (Å²) in [7, 11) is 1.91. The van der Waals surface area contributed by atoms with E-state index < -0.39 is 0 Å². The van der Waals surface area contributed by atoms with Crippen LogP contribution in [0.2, 0.25) is 0 Å². The first-order valence-corrected chi connectivity index (χ1v) is 6.54. The van der Waals surface area contributed by atoms with Crippen LogP contribution in [-0.4, -0.2) is 16.3 Å². The van der Waals surface area contributed by atoms with Gasteiger partial charge in [-0.25, -0.2) is 4.39 Å². The molecule has 0 saturated heterocycles. The summed E-state index contributed by atoms with van der Waals surface area (Å²) in [5, 5.41) is 7.70. The van der Waals surface area contributed by atoms with E-state index in [0.29, 0.717) is 0 Å². The van der Waals surface area contributed by atoms with Crippen molar-refractivity contribution in [2.45, 2.75) is 27.3 Å². The maximum atomic E-state index is 13.6. The molecule has 3 nitrogen and oxygen atoms in total. The van der Waals surface area contributed by atoms with Gasteiger partial charge in [-0.2, -0.15) is 5.10 Å². The minimum absolute atomic E-state index is 0.210. The maximum absolute atomic E-state index is 13.6. The van der Waals surface area contributed by atoms with Crippen molar-refractivity contribution >= 4 is 0 Å². The van der Waals surface area contributed by atoms with Crippen LogP contribution in [0.3, 0.4) is 0 Å². The second kappa shape index (κ2) is 5.53. The maximum Gasteiger partial charge on any atom is 0.123 e. The molecule has 102 valence electrons. The van der Waals surface area contributed by atoms with Gasteiger partial charge in [0.1, 0.15) is 5.82 Å². The zero-order chi connectivity index (χ0) is 14.0. The molecule has 0 atom stereocenters. The van der Waals surface area contributed by atoms with Crippen LogP contribution < -0.4 is 5.32 Å². The van der Waals surface area contributed by atoms with Gasteiger partial charge in [0.15, 0.2) is 0 Å². The van der Waals surface area contributed by atoms with Crippen molar-refractivity contribution in [3.8, 4) is 11.1 Å². The van der Waals surface area contributed by atoms with Gasteiger partial charge in [0.2, 0.25) is 0 Å². The summed E-state index contributed by atoms with van der Waals surface area (Å²) in [5.74, 6) is -0.210. The van der Waals surface area contributed by atoms with Gasteiger partial charge < -0.3 is 5.32 Å². The molecular formula is C15H20FN3. The fourth-order valence-corrected chi connectivity index (χ4v) is 2.36. The molecule has 0 spiro atoms. The highest BCUT2D eigenvalue weighted by molar-refractivity contribution is 5.71. The Kier molecular flexibility index (Phi) is 4.00. The molecule has 0 bridgehead atoms. The third-order valence-corrected chi connectivity index (χ3v) is 3.42. The van der Waals surface area contributed by atoms with Crippen LogP contribution >= 0.6 is 0 Å². The van der Waals surface area contributed by atoms with Crippen LogP contribution in [0.25, 0.3) is 11.1 Å². The Bertz CT molecular complexity index is 587. The molecule has 2 rings (SSSR count). The van der Waals surface area contributed by atoms with Crippen molar-refractivity contribution in [1.29, 1.82) is 0 Å². The third kappa shape index (κ3) is 2.68. The normalized spacial score (nSPS) is 11.0. The number of rotatable bonds is 4. The monoisotopic (exact) mass is 261 g/mol. The Morgan fingerprint density at radius 3 is 2.63 bits per heavy atom. The van der Waals surface area contributed by atoms with Gasteiger partial charge in [-0.3, -0.25) is 4.68 Å². The third-order valence-electron chi connectivity index (χ3n) is 3.42. The Morgan fingerprint density at radius 1 is 1.32 bits per heavy atom. The average molecular weight is 261 g/mol. The number of nitrogens with zero attached hydrogens (tertiary/aromatic N) is 2. The topological polar surface area (TPSA) is 29.9 Å². The van der Waals surface area contributed by atoms with Gasteiger partial charge >= 0.3 is 0 Å². The lowest BCUT2D eigenvalue weighted by Crippen LogP contribution is -2.12. The Labute approximate surface area is 113 Å². The van der Waals surface area contributed by atoms with Gasteiger partial charge in [-0.1, -0.05) is 13.0 Å². The lowest BCUT2D eigenvalue weighted by atomic mass is 9.98. The Balaban J connectivity index is 2.56. The molecule has 0 amide bonds. The van der Waals surface area contributed by atoms with Crippen LogP contribution in [0.15, 0.2) is 18.2 Å². The molecule has 19 heavy (non-hydrogen) atoms. The molecule has 4 heteroatoms. The van der Waals surface area contributed by atoms with Crippen LogP contribution in [-0.2, 0) is 13.6 Å². The number of hydrogen-bond donors (Lipinski definition) is 1. The molecule has 0 radical (unpaired) electrons. The Hall–Kier alpha value is -1.68. The van der Waals surface area contributed by atoms with Crippen molar-refractivity contribution in [2.75, 3.05) is 6.54 Å². The van der Waals surface area contributed by atoms with Gasteiger partial charge in [-0.05, 0) is 43.7 Å². The van der Waals surface area contributed by atoms with Crippen molar-refractivity contribution < 1.29 is 4.39 Å². The summed E-state index contributed by atoms with van der Waals surface area (Å²) < 4.78 is 15.4. The molecule has 0 aliphatic rings. The van der Waals surface area contributed by atoms with E-state index in [0.717, 1.165) is 41.2 Å². The van der Waals surface area contributed by atoms with E-state index in [2.05, 4.69) is 17.3 Å². The zero-order valence-corrected chi connectivity index (χ0v) is 11.9. The molecule has 0 unspecified atom stereocenters. The van der Waals surface area contributed by atoms with E-state index >= 15 is 0 Å². The zero-order valence-electron chi connectivity index (χ0n) is 11.9. The molecule has 2 aromatic rings. The van der Waals surface area contributed by atoms with E-state index in [1.54, 1.807) is 6.07 Å². The molecule has 1 aromatic carbocycles. The number of hydrogen-bond acceptors (Lipinski definition) is 2. The molecular weight excluding hydrogens is 241 g/mol. The first-order valence-electron chi connectivity index (χ1n) is 6.54. The molecule has 1 N–H and O–H groups in total. The Morgan fingerprint density at radius 2 is 2.05 bits per heavy atom.